The van der Waals surface area contributed by atoms with Gasteiger partial charge in [0.2, 0.25) is 5.91 Å². The minimum absolute atomic E-state index is 0.0994. The first-order valence-electron chi connectivity index (χ1n) is 6.21. The lowest BCUT2D eigenvalue weighted by Gasteiger charge is -2.10. The van der Waals surface area contributed by atoms with Crippen molar-refractivity contribution in [3.8, 4) is 0 Å². The summed E-state index contributed by atoms with van der Waals surface area (Å²) >= 11 is 17.9. The molecule has 2 rings (SSSR count). The molecular weight excluding hydrogens is 331 g/mol. The summed E-state index contributed by atoms with van der Waals surface area (Å²) in [4.78, 5) is 11.9. The molecule has 21 heavy (non-hydrogen) atoms. The standard InChI is InChI=1S/C15H13Cl3N2O/c1-9-5-6-10(7-12(9)17)19-8-14(21)20-13-4-2-3-11(16)15(13)18/h2-7,19H,8H2,1H3,(H,20,21). The predicted molar refractivity (Wildman–Crippen MR) is 89.8 cm³/mol. The van der Waals surface area contributed by atoms with E-state index in [1.807, 2.05) is 19.1 Å². The predicted octanol–water partition coefficient (Wildman–Crippen LogP) is 5.01. The number of halogens is 3. The van der Waals surface area contributed by atoms with Crippen molar-refractivity contribution in [2.24, 2.45) is 0 Å². The topological polar surface area (TPSA) is 41.1 Å². The molecule has 0 radical (unpaired) electrons. The largest absolute Gasteiger partial charge is 0.376 e. The molecule has 110 valence electrons. The zero-order chi connectivity index (χ0) is 15.4. The molecule has 0 fully saturated rings. The van der Waals surface area contributed by atoms with Gasteiger partial charge in [-0.1, -0.05) is 46.9 Å². The number of rotatable bonds is 4. The van der Waals surface area contributed by atoms with Gasteiger partial charge in [0.1, 0.15) is 0 Å². The second-order valence-electron chi connectivity index (χ2n) is 4.47. The maximum atomic E-state index is 11.9. The van der Waals surface area contributed by atoms with Crippen LogP contribution < -0.4 is 10.6 Å². The lowest BCUT2D eigenvalue weighted by Crippen LogP contribution is -2.21. The molecular formula is C15H13Cl3N2O. The van der Waals surface area contributed by atoms with Gasteiger partial charge >= 0.3 is 0 Å². The molecule has 2 N–H and O–H groups in total. The summed E-state index contributed by atoms with van der Waals surface area (Å²) in [5.74, 6) is -0.226. The van der Waals surface area contributed by atoms with Gasteiger partial charge < -0.3 is 10.6 Å². The van der Waals surface area contributed by atoms with E-state index in [4.69, 9.17) is 34.8 Å². The highest BCUT2D eigenvalue weighted by Gasteiger charge is 2.08. The maximum absolute atomic E-state index is 11.9. The Labute approximate surface area is 138 Å². The molecule has 2 aromatic rings. The van der Waals surface area contributed by atoms with E-state index in [0.29, 0.717) is 20.8 Å². The SMILES string of the molecule is Cc1ccc(NCC(=O)Nc2cccc(Cl)c2Cl)cc1Cl. The first-order valence-corrected chi connectivity index (χ1v) is 7.34. The lowest BCUT2D eigenvalue weighted by atomic mass is 10.2. The first-order chi connectivity index (χ1) is 9.97. The van der Waals surface area contributed by atoms with Gasteiger partial charge in [0.25, 0.3) is 0 Å². The fraction of sp³-hybridized carbons (Fsp3) is 0.133. The molecule has 2 aromatic carbocycles. The molecule has 1 amide bonds. The molecule has 0 aromatic heterocycles. The van der Waals surface area contributed by atoms with E-state index in [2.05, 4.69) is 10.6 Å². The van der Waals surface area contributed by atoms with E-state index in [9.17, 15) is 4.79 Å². The number of nitrogens with one attached hydrogen (secondary N) is 2. The van der Waals surface area contributed by atoms with Crippen LogP contribution in [-0.4, -0.2) is 12.5 Å². The summed E-state index contributed by atoms with van der Waals surface area (Å²) < 4.78 is 0. The summed E-state index contributed by atoms with van der Waals surface area (Å²) in [6.45, 7) is 2.02. The third kappa shape index (κ3) is 4.27. The maximum Gasteiger partial charge on any atom is 0.243 e. The Morgan fingerprint density at radius 1 is 1.10 bits per heavy atom. The fourth-order valence-corrected chi connectivity index (χ4v) is 2.21. The van der Waals surface area contributed by atoms with Crippen LogP contribution in [0.4, 0.5) is 11.4 Å². The Morgan fingerprint density at radius 2 is 1.86 bits per heavy atom. The number of amides is 1. The second-order valence-corrected chi connectivity index (χ2v) is 5.66. The van der Waals surface area contributed by atoms with Crippen molar-refractivity contribution >= 4 is 52.1 Å². The van der Waals surface area contributed by atoms with Crippen LogP contribution in [0.1, 0.15) is 5.56 Å². The van der Waals surface area contributed by atoms with Gasteiger partial charge in [-0.3, -0.25) is 4.79 Å². The Bertz CT molecular complexity index is 674. The molecule has 0 atom stereocenters. The smallest absolute Gasteiger partial charge is 0.243 e. The van der Waals surface area contributed by atoms with Crippen LogP contribution in [-0.2, 0) is 4.79 Å². The van der Waals surface area contributed by atoms with Crippen molar-refractivity contribution in [2.45, 2.75) is 6.92 Å². The van der Waals surface area contributed by atoms with Crippen molar-refractivity contribution in [1.29, 1.82) is 0 Å². The molecule has 0 aliphatic carbocycles. The lowest BCUT2D eigenvalue weighted by molar-refractivity contribution is -0.114. The van der Waals surface area contributed by atoms with Crippen molar-refractivity contribution in [2.75, 3.05) is 17.2 Å². The monoisotopic (exact) mass is 342 g/mol. The van der Waals surface area contributed by atoms with Gasteiger partial charge in [-0.05, 0) is 36.8 Å². The van der Waals surface area contributed by atoms with E-state index < -0.39 is 0 Å². The summed E-state index contributed by atoms with van der Waals surface area (Å²) in [7, 11) is 0. The average Bonchev–Trinajstić information content (AvgIpc) is 2.45. The van der Waals surface area contributed by atoms with Gasteiger partial charge in [-0.2, -0.15) is 0 Å². The van der Waals surface area contributed by atoms with Crippen LogP contribution in [0.2, 0.25) is 15.1 Å². The highest BCUT2D eigenvalue weighted by atomic mass is 35.5. The van der Waals surface area contributed by atoms with Gasteiger partial charge in [-0.25, -0.2) is 0 Å². The molecule has 0 heterocycles. The first kappa shape index (κ1) is 16.0. The van der Waals surface area contributed by atoms with E-state index in [-0.39, 0.29) is 12.5 Å². The third-order valence-electron chi connectivity index (χ3n) is 2.85. The van der Waals surface area contributed by atoms with E-state index in [1.165, 1.54) is 0 Å². The van der Waals surface area contributed by atoms with E-state index in [1.54, 1.807) is 24.3 Å². The van der Waals surface area contributed by atoms with Crippen LogP contribution >= 0.6 is 34.8 Å². The van der Waals surface area contributed by atoms with Gasteiger partial charge in [0, 0.05) is 10.7 Å². The number of carbonyl (C=O) groups is 1. The number of hydrogen-bond donors (Lipinski definition) is 2. The second kappa shape index (κ2) is 7.03. The quantitative estimate of drug-likeness (QED) is 0.819. The minimum Gasteiger partial charge on any atom is -0.376 e. The number of benzene rings is 2. The van der Waals surface area contributed by atoms with Crippen LogP contribution in [0.3, 0.4) is 0 Å². The molecule has 0 saturated carbocycles. The highest BCUT2D eigenvalue weighted by molar-refractivity contribution is 6.44. The third-order valence-corrected chi connectivity index (χ3v) is 4.08. The summed E-state index contributed by atoms with van der Waals surface area (Å²) in [5, 5.41) is 7.06. The van der Waals surface area contributed by atoms with Crippen molar-refractivity contribution in [3.05, 3.63) is 57.0 Å². The summed E-state index contributed by atoms with van der Waals surface area (Å²) in [6, 6.07) is 10.6. The zero-order valence-corrected chi connectivity index (χ0v) is 13.5. The van der Waals surface area contributed by atoms with Gasteiger partial charge in [-0.15, -0.1) is 0 Å². The van der Waals surface area contributed by atoms with E-state index >= 15 is 0 Å². The Morgan fingerprint density at radius 3 is 2.57 bits per heavy atom. The fourth-order valence-electron chi connectivity index (χ4n) is 1.68. The Kier molecular flexibility index (Phi) is 5.34. The van der Waals surface area contributed by atoms with Crippen molar-refractivity contribution in [3.63, 3.8) is 0 Å². The molecule has 0 aliphatic rings. The average molecular weight is 344 g/mol. The van der Waals surface area contributed by atoms with Crippen LogP contribution in [0.5, 0.6) is 0 Å². The Hall–Kier alpha value is -1.42. The highest BCUT2D eigenvalue weighted by Crippen LogP contribution is 2.29. The molecule has 0 saturated heterocycles. The number of aryl methyl sites for hydroxylation is 1. The normalized spacial score (nSPS) is 10.3. The minimum atomic E-state index is -0.226. The van der Waals surface area contributed by atoms with Crippen molar-refractivity contribution in [1.82, 2.24) is 0 Å². The molecule has 6 heteroatoms. The molecule has 3 nitrogen and oxygen atoms in total. The Balaban J connectivity index is 1.96. The number of anilines is 2. The van der Waals surface area contributed by atoms with Gasteiger partial charge in [0.05, 0.1) is 22.3 Å². The number of hydrogen-bond acceptors (Lipinski definition) is 2. The van der Waals surface area contributed by atoms with Crippen LogP contribution in [0, 0.1) is 6.92 Å². The van der Waals surface area contributed by atoms with Crippen LogP contribution in [0.25, 0.3) is 0 Å². The van der Waals surface area contributed by atoms with Crippen LogP contribution in [0.15, 0.2) is 36.4 Å². The van der Waals surface area contributed by atoms with Crippen molar-refractivity contribution < 1.29 is 4.79 Å². The molecule has 0 spiro atoms. The summed E-state index contributed by atoms with van der Waals surface area (Å²) in [6.07, 6.45) is 0. The molecule has 0 bridgehead atoms. The van der Waals surface area contributed by atoms with E-state index in [0.717, 1.165) is 11.3 Å². The summed E-state index contributed by atoms with van der Waals surface area (Å²) in [5.41, 5.74) is 2.24. The number of carbonyl (C=O) groups excluding carboxylic acids is 1. The molecule has 0 unspecified atom stereocenters. The zero-order valence-electron chi connectivity index (χ0n) is 11.2. The molecule has 0 aliphatic heterocycles. The van der Waals surface area contributed by atoms with Gasteiger partial charge in [0.15, 0.2) is 0 Å².